The van der Waals surface area contributed by atoms with Crippen LogP contribution in [0.2, 0.25) is 0 Å². The van der Waals surface area contributed by atoms with E-state index in [1.54, 1.807) is 0 Å². The largest absolute Gasteiger partial charge is 0.494 e. The van der Waals surface area contributed by atoms with Gasteiger partial charge in [-0.15, -0.1) is 0 Å². The minimum Gasteiger partial charge on any atom is -0.494 e. The van der Waals surface area contributed by atoms with Gasteiger partial charge < -0.3 is 10.1 Å². The highest BCUT2D eigenvalue weighted by Crippen LogP contribution is 2.38. The van der Waals surface area contributed by atoms with E-state index < -0.39 is 0 Å². The van der Waals surface area contributed by atoms with Crippen LogP contribution in [0.5, 0.6) is 5.75 Å². The molecular weight excluding hydrogens is 198 g/mol. The zero-order chi connectivity index (χ0) is 11.4. The van der Waals surface area contributed by atoms with E-state index in [0.717, 1.165) is 25.3 Å². The Bertz CT molecular complexity index is 342. The number of para-hydroxylation sites is 1. The van der Waals surface area contributed by atoms with Crippen LogP contribution in [0.15, 0.2) is 24.3 Å². The maximum atomic E-state index is 5.74. The van der Waals surface area contributed by atoms with E-state index in [0.29, 0.717) is 0 Å². The second-order valence-electron chi connectivity index (χ2n) is 4.40. The molecule has 1 aromatic rings. The summed E-state index contributed by atoms with van der Waals surface area (Å²) in [6.07, 6.45) is 3.60. The third-order valence-electron chi connectivity index (χ3n) is 3.55. The number of ether oxygens (including phenoxy) is 1. The first kappa shape index (κ1) is 11.5. The van der Waals surface area contributed by atoms with E-state index in [1.807, 2.05) is 13.0 Å². The standard InChI is InChI=1S/C14H21NO/c1-3-14(10-7-11-15-14)12-8-5-6-9-13(12)16-4-2/h5-6,8-9,15H,3-4,7,10-11H2,1-2H3. The van der Waals surface area contributed by atoms with Crippen LogP contribution in [0, 0.1) is 0 Å². The molecule has 0 aromatic heterocycles. The summed E-state index contributed by atoms with van der Waals surface area (Å²) in [6, 6.07) is 8.44. The molecule has 88 valence electrons. The van der Waals surface area contributed by atoms with Crippen molar-refractivity contribution in [3.8, 4) is 5.75 Å². The molecule has 1 atom stereocenters. The Hall–Kier alpha value is -1.02. The summed E-state index contributed by atoms with van der Waals surface area (Å²) >= 11 is 0. The predicted octanol–water partition coefficient (Wildman–Crippen LogP) is 3.07. The summed E-state index contributed by atoms with van der Waals surface area (Å²) in [4.78, 5) is 0. The normalized spacial score (nSPS) is 24.6. The lowest BCUT2D eigenvalue weighted by molar-refractivity contribution is 0.308. The first-order valence-electron chi connectivity index (χ1n) is 6.30. The molecule has 0 radical (unpaired) electrons. The smallest absolute Gasteiger partial charge is 0.124 e. The molecule has 2 heteroatoms. The first-order chi connectivity index (χ1) is 7.82. The van der Waals surface area contributed by atoms with Gasteiger partial charge in [-0.25, -0.2) is 0 Å². The highest BCUT2D eigenvalue weighted by atomic mass is 16.5. The summed E-state index contributed by atoms with van der Waals surface area (Å²) in [5, 5.41) is 3.65. The highest BCUT2D eigenvalue weighted by molar-refractivity contribution is 5.39. The van der Waals surface area contributed by atoms with Crippen LogP contribution in [0.3, 0.4) is 0 Å². The number of rotatable bonds is 4. The second-order valence-corrected chi connectivity index (χ2v) is 4.40. The molecule has 0 amide bonds. The Morgan fingerprint density at radius 1 is 1.31 bits per heavy atom. The summed E-state index contributed by atoms with van der Waals surface area (Å²) in [7, 11) is 0. The van der Waals surface area contributed by atoms with Crippen LogP contribution in [-0.2, 0) is 5.54 Å². The Labute approximate surface area is 98.0 Å². The molecule has 1 aliphatic rings. The second kappa shape index (κ2) is 4.88. The number of hydrogen-bond donors (Lipinski definition) is 1. The van der Waals surface area contributed by atoms with Crippen LogP contribution >= 0.6 is 0 Å². The van der Waals surface area contributed by atoms with Gasteiger partial charge in [0.2, 0.25) is 0 Å². The molecule has 1 aromatic carbocycles. The Kier molecular flexibility index (Phi) is 3.49. The Morgan fingerprint density at radius 2 is 2.12 bits per heavy atom. The van der Waals surface area contributed by atoms with Gasteiger partial charge in [0.1, 0.15) is 5.75 Å². The van der Waals surface area contributed by atoms with Gasteiger partial charge in [-0.05, 0) is 38.8 Å². The van der Waals surface area contributed by atoms with Crippen molar-refractivity contribution in [1.29, 1.82) is 0 Å². The van der Waals surface area contributed by atoms with Crippen molar-refractivity contribution in [2.24, 2.45) is 0 Å². The van der Waals surface area contributed by atoms with Gasteiger partial charge >= 0.3 is 0 Å². The van der Waals surface area contributed by atoms with Gasteiger partial charge in [-0.1, -0.05) is 25.1 Å². The highest BCUT2D eigenvalue weighted by Gasteiger charge is 2.35. The maximum Gasteiger partial charge on any atom is 0.124 e. The molecule has 1 N–H and O–H groups in total. The summed E-state index contributed by atoms with van der Waals surface area (Å²) in [6.45, 7) is 6.14. The van der Waals surface area contributed by atoms with Crippen molar-refractivity contribution < 1.29 is 4.74 Å². The first-order valence-corrected chi connectivity index (χ1v) is 6.30. The van der Waals surface area contributed by atoms with Crippen LogP contribution < -0.4 is 10.1 Å². The van der Waals surface area contributed by atoms with E-state index in [1.165, 1.54) is 18.4 Å². The van der Waals surface area contributed by atoms with Crippen molar-refractivity contribution >= 4 is 0 Å². The Morgan fingerprint density at radius 3 is 2.75 bits per heavy atom. The fraction of sp³-hybridized carbons (Fsp3) is 0.571. The quantitative estimate of drug-likeness (QED) is 0.840. The maximum absolute atomic E-state index is 5.74. The van der Waals surface area contributed by atoms with Crippen LogP contribution in [0.1, 0.15) is 38.7 Å². The van der Waals surface area contributed by atoms with Gasteiger partial charge in [0.25, 0.3) is 0 Å². The number of nitrogens with one attached hydrogen (secondary N) is 1. The minimum absolute atomic E-state index is 0.145. The monoisotopic (exact) mass is 219 g/mol. The summed E-state index contributed by atoms with van der Waals surface area (Å²) in [5.74, 6) is 1.04. The van der Waals surface area contributed by atoms with Crippen molar-refractivity contribution in [1.82, 2.24) is 5.32 Å². The zero-order valence-corrected chi connectivity index (χ0v) is 10.3. The predicted molar refractivity (Wildman–Crippen MR) is 66.8 cm³/mol. The summed E-state index contributed by atoms with van der Waals surface area (Å²) in [5.41, 5.74) is 1.48. The molecule has 16 heavy (non-hydrogen) atoms. The fourth-order valence-electron chi connectivity index (χ4n) is 2.67. The Balaban J connectivity index is 2.37. The van der Waals surface area contributed by atoms with Gasteiger partial charge in [0.05, 0.1) is 6.61 Å². The molecule has 1 fully saturated rings. The number of benzene rings is 1. The SMILES string of the molecule is CCOc1ccccc1C1(CC)CCCN1. The summed E-state index contributed by atoms with van der Waals surface area (Å²) < 4.78 is 5.74. The van der Waals surface area contributed by atoms with Gasteiger partial charge in [0.15, 0.2) is 0 Å². The molecule has 0 spiro atoms. The average Bonchev–Trinajstić information content (AvgIpc) is 2.80. The van der Waals surface area contributed by atoms with Crippen molar-refractivity contribution in [2.45, 2.75) is 38.6 Å². The van der Waals surface area contributed by atoms with E-state index in [2.05, 4.69) is 30.4 Å². The molecule has 1 saturated heterocycles. The lowest BCUT2D eigenvalue weighted by Gasteiger charge is -2.30. The van der Waals surface area contributed by atoms with E-state index in [4.69, 9.17) is 4.74 Å². The van der Waals surface area contributed by atoms with E-state index >= 15 is 0 Å². The lowest BCUT2D eigenvalue weighted by atomic mass is 9.85. The van der Waals surface area contributed by atoms with Gasteiger partial charge in [0, 0.05) is 11.1 Å². The molecule has 0 bridgehead atoms. The average molecular weight is 219 g/mol. The fourth-order valence-corrected chi connectivity index (χ4v) is 2.67. The molecule has 0 saturated carbocycles. The molecule has 1 aliphatic heterocycles. The lowest BCUT2D eigenvalue weighted by Crippen LogP contribution is -2.36. The van der Waals surface area contributed by atoms with Gasteiger partial charge in [-0.2, -0.15) is 0 Å². The van der Waals surface area contributed by atoms with Crippen molar-refractivity contribution in [3.63, 3.8) is 0 Å². The van der Waals surface area contributed by atoms with Crippen LogP contribution in [0.4, 0.5) is 0 Å². The minimum atomic E-state index is 0.145. The van der Waals surface area contributed by atoms with E-state index in [9.17, 15) is 0 Å². The topological polar surface area (TPSA) is 21.3 Å². The van der Waals surface area contributed by atoms with Crippen LogP contribution in [0.25, 0.3) is 0 Å². The van der Waals surface area contributed by atoms with Crippen LogP contribution in [-0.4, -0.2) is 13.2 Å². The molecule has 2 nitrogen and oxygen atoms in total. The molecule has 1 heterocycles. The molecule has 0 aliphatic carbocycles. The van der Waals surface area contributed by atoms with Crippen molar-refractivity contribution in [3.05, 3.63) is 29.8 Å². The van der Waals surface area contributed by atoms with Gasteiger partial charge in [-0.3, -0.25) is 0 Å². The zero-order valence-electron chi connectivity index (χ0n) is 10.3. The molecular formula is C14H21NO. The number of hydrogen-bond acceptors (Lipinski definition) is 2. The third-order valence-corrected chi connectivity index (χ3v) is 3.55. The molecule has 2 rings (SSSR count). The van der Waals surface area contributed by atoms with Crippen molar-refractivity contribution in [2.75, 3.05) is 13.2 Å². The molecule has 1 unspecified atom stereocenters. The third kappa shape index (κ3) is 1.94. The van der Waals surface area contributed by atoms with E-state index in [-0.39, 0.29) is 5.54 Å².